The van der Waals surface area contributed by atoms with Crippen LogP contribution in [0.5, 0.6) is 0 Å². The number of pyridine rings is 1. The van der Waals surface area contributed by atoms with Crippen molar-refractivity contribution >= 4 is 5.82 Å². The number of nitrogen functional groups attached to an aromatic ring is 1. The number of H-pyrrole nitrogens is 1. The molecule has 0 radical (unpaired) electrons. The second-order valence-electron chi connectivity index (χ2n) is 5.42. The molecule has 4 heteroatoms. The van der Waals surface area contributed by atoms with Crippen LogP contribution in [0.1, 0.15) is 36.1 Å². The monoisotopic (exact) mass is 267 g/mol. The summed E-state index contributed by atoms with van der Waals surface area (Å²) in [6.07, 6.45) is 7.63. The molecule has 0 atom stereocenters. The highest BCUT2D eigenvalue weighted by molar-refractivity contribution is 5.76. The van der Waals surface area contributed by atoms with Crippen LogP contribution in [0.15, 0.2) is 18.3 Å². The Kier molecular flexibility index (Phi) is 3.19. The molecule has 0 aromatic carbocycles. The van der Waals surface area contributed by atoms with Gasteiger partial charge in [-0.3, -0.25) is 5.73 Å². The normalized spacial score (nSPS) is 14.4. The summed E-state index contributed by atoms with van der Waals surface area (Å²) in [5.41, 5.74) is 11.2. The quantitative estimate of drug-likeness (QED) is 0.805. The summed E-state index contributed by atoms with van der Waals surface area (Å²) in [6, 6.07) is 6.34. The maximum Gasteiger partial charge on any atom is 0.289 e. The van der Waals surface area contributed by atoms with Crippen LogP contribution in [0.25, 0.3) is 11.3 Å². The number of aryl methyl sites for hydroxylation is 2. The predicted molar refractivity (Wildman–Crippen MR) is 77.8 cm³/mol. The third-order valence-corrected chi connectivity index (χ3v) is 4.14. The first-order valence-corrected chi connectivity index (χ1v) is 7.10. The zero-order valence-corrected chi connectivity index (χ0v) is 11.7. The van der Waals surface area contributed by atoms with Crippen LogP contribution in [0.3, 0.4) is 0 Å². The second kappa shape index (κ2) is 5.01. The van der Waals surface area contributed by atoms with Crippen LogP contribution in [0, 0.1) is 11.3 Å². The highest BCUT2D eigenvalue weighted by Crippen LogP contribution is 2.33. The van der Waals surface area contributed by atoms with Crippen molar-refractivity contribution in [2.75, 3.05) is 5.73 Å². The molecule has 2 aromatic heterocycles. The van der Waals surface area contributed by atoms with E-state index in [0.29, 0.717) is 11.4 Å². The van der Waals surface area contributed by atoms with Gasteiger partial charge in [-0.05, 0) is 31.4 Å². The molecule has 0 saturated heterocycles. The SMILES string of the molecule is Cn1cccc1-c1c(C#N)c(N)[nH+]c2c1CCCCC2. The zero-order chi connectivity index (χ0) is 14.1. The number of nitriles is 1. The smallest absolute Gasteiger partial charge is 0.289 e. The minimum Gasteiger partial charge on any atom is -0.351 e. The molecular formula is C16H19N4+. The van der Waals surface area contributed by atoms with Crippen LogP contribution >= 0.6 is 0 Å². The van der Waals surface area contributed by atoms with Gasteiger partial charge in [-0.15, -0.1) is 0 Å². The third kappa shape index (κ3) is 1.96. The van der Waals surface area contributed by atoms with Gasteiger partial charge in [0.2, 0.25) is 0 Å². The minimum atomic E-state index is 0.490. The van der Waals surface area contributed by atoms with Crippen LogP contribution in [0.4, 0.5) is 5.82 Å². The first-order chi connectivity index (χ1) is 9.72. The number of nitrogens with one attached hydrogen (secondary N) is 1. The summed E-state index contributed by atoms with van der Waals surface area (Å²) in [7, 11) is 2.01. The molecule has 0 unspecified atom stereocenters. The van der Waals surface area contributed by atoms with Crippen molar-refractivity contribution in [2.24, 2.45) is 7.05 Å². The zero-order valence-electron chi connectivity index (χ0n) is 11.7. The van der Waals surface area contributed by atoms with E-state index in [9.17, 15) is 5.26 Å². The molecule has 3 N–H and O–H groups in total. The van der Waals surface area contributed by atoms with E-state index in [0.717, 1.165) is 24.1 Å². The molecule has 1 aliphatic carbocycles. The summed E-state index contributed by atoms with van der Waals surface area (Å²) >= 11 is 0. The fraction of sp³-hybridized carbons (Fsp3) is 0.375. The Labute approximate surface area is 118 Å². The number of anilines is 1. The molecule has 2 aromatic rings. The molecule has 102 valence electrons. The van der Waals surface area contributed by atoms with Crippen LogP contribution in [0.2, 0.25) is 0 Å². The van der Waals surface area contributed by atoms with Gasteiger partial charge in [-0.25, -0.2) is 4.98 Å². The lowest BCUT2D eigenvalue weighted by Crippen LogP contribution is -2.22. The Balaban J connectivity index is 2.33. The second-order valence-corrected chi connectivity index (χ2v) is 5.42. The summed E-state index contributed by atoms with van der Waals surface area (Å²) in [5, 5.41) is 9.50. The largest absolute Gasteiger partial charge is 0.351 e. The molecule has 0 bridgehead atoms. The number of fused-ring (bicyclic) bond motifs is 1. The van der Waals surface area contributed by atoms with E-state index in [1.807, 2.05) is 19.3 Å². The Morgan fingerprint density at radius 3 is 2.80 bits per heavy atom. The standard InChI is InChI=1S/C16H18N4/c1-20-9-5-8-14(20)15-11-6-3-2-4-7-13(11)19-16(18)12(15)10-17/h5,8-9H,2-4,6-7H2,1H3,(H2,18,19)/p+1. The van der Waals surface area contributed by atoms with Gasteiger partial charge in [0.05, 0.1) is 0 Å². The fourth-order valence-electron chi connectivity index (χ4n) is 3.13. The fourth-order valence-corrected chi connectivity index (χ4v) is 3.13. The molecule has 3 rings (SSSR count). The predicted octanol–water partition coefficient (Wildman–Crippen LogP) is 2.23. The van der Waals surface area contributed by atoms with Crippen molar-refractivity contribution in [3.63, 3.8) is 0 Å². The molecule has 0 saturated carbocycles. The topological polar surface area (TPSA) is 68.9 Å². The lowest BCUT2D eigenvalue weighted by molar-refractivity contribution is -0.373. The molecule has 0 spiro atoms. The highest BCUT2D eigenvalue weighted by atomic mass is 14.9. The van der Waals surface area contributed by atoms with Crippen molar-refractivity contribution in [3.05, 3.63) is 35.2 Å². The Morgan fingerprint density at radius 1 is 1.30 bits per heavy atom. The van der Waals surface area contributed by atoms with Gasteiger partial charge in [0.15, 0.2) is 5.56 Å². The van der Waals surface area contributed by atoms with E-state index in [-0.39, 0.29) is 0 Å². The summed E-state index contributed by atoms with van der Waals surface area (Å²) in [5.74, 6) is 0.490. The highest BCUT2D eigenvalue weighted by Gasteiger charge is 2.25. The Bertz CT molecular complexity index is 691. The van der Waals surface area contributed by atoms with Gasteiger partial charge in [0.1, 0.15) is 11.8 Å². The average molecular weight is 267 g/mol. The number of aromatic amines is 1. The van der Waals surface area contributed by atoms with E-state index >= 15 is 0 Å². The van der Waals surface area contributed by atoms with E-state index in [1.165, 1.54) is 30.5 Å². The van der Waals surface area contributed by atoms with Crippen molar-refractivity contribution < 1.29 is 4.98 Å². The van der Waals surface area contributed by atoms with Crippen LogP contribution < -0.4 is 10.7 Å². The van der Waals surface area contributed by atoms with E-state index < -0.39 is 0 Å². The van der Waals surface area contributed by atoms with Crippen LogP contribution in [-0.4, -0.2) is 4.57 Å². The van der Waals surface area contributed by atoms with Gasteiger partial charge >= 0.3 is 0 Å². The van der Waals surface area contributed by atoms with Crippen LogP contribution in [-0.2, 0) is 19.9 Å². The average Bonchev–Trinajstić information content (AvgIpc) is 2.71. The van der Waals surface area contributed by atoms with Gasteiger partial charge in [0.25, 0.3) is 5.82 Å². The molecular weight excluding hydrogens is 248 g/mol. The van der Waals surface area contributed by atoms with E-state index in [4.69, 9.17) is 5.73 Å². The number of rotatable bonds is 1. The first kappa shape index (κ1) is 12.7. The molecule has 0 amide bonds. The van der Waals surface area contributed by atoms with Crippen molar-refractivity contribution in [1.29, 1.82) is 5.26 Å². The number of nitrogens with zero attached hydrogens (tertiary/aromatic N) is 2. The molecule has 2 heterocycles. The van der Waals surface area contributed by atoms with E-state index in [1.54, 1.807) is 0 Å². The Morgan fingerprint density at radius 2 is 2.10 bits per heavy atom. The first-order valence-electron chi connectivity index (χ1n) is 7.10. The molecule has 20 heavy (non-hydrogen) atoms. The molecule has 4 nitrogen and oxygen atoms in total. The van der Waals surface area contributed by atoms with Gasteiger partial charge in [0, 0.05) is 36.5 Å². The Hall–Kier alpha value is -2.28. The number of hydrogen-bond donors (Lipinski definition) is 1. The lowest BCUT2D eigenvalue weighted by Gasteiger charge is -2.13. The molecule has 0 aliphatic heterocycles. The van der Waals surface area contributed by atoms with E-state index in [2.05, 4.69) is 21.7 Å². The summed E-state index contributed by atoms with van der Waals surface area (Å²) < 4.78 is 2.06. The van der Waals surface area contributed by atoms with Gasteiger partial charge < -0.3 is 4.57 Å². The minimum absolute atomic E-state index is 0.490. The summed E-state index contributed by atoms with van der Waals surface area (Å²) in [6.45, 7) is 0. The maximum atomic E-state index is 9.50. The van der Waals surface area contributed by atoms with Gasteiger partial charge in [-0.1, -0.05) is 6.42 Å². The third-order valence-electron chi connectivity index (χ3n) is 4.14. The number of aromatic nitrogens is 2. The molecule has 1 aliphatic rings. The number of hydrogen-bond acceptors (Lipinski definition) is 2. The molecule has 0 fully saturated rings. The number of nitrogens with two attached hydrogens (primary N) is 1. The maximum absolute atomic E-state index is 9.50. The van der Waals surface area contributed by atoms with Crippen molar-refractivity contribution in [2.45, 2.75) is 32.1 Å². The van der Waals surface area contributed by atoms with Crippen molar-refractivity contribution in [1.82, 2.24) is 4.57 Å². The van der Waals surface area contributed by atoms with Gasteiger partial charge in [-0.2, -0.15) is 5.26 Å². The summed E-state index contributed by atoms with van der Waals surface area (Å²) in [4.78, 5) is 3.26. The lowest BCUT2D eigenvalue weighted by atomic mass is 9.95. The van der Waals surface area contributed by atoms with Crippen molar-refractivity contribution in [3.8, 4) is 17.3 Å².